The van der Waals surface area contributed by atoms with Crippen molar-refractivity contribution >= 4 is 23.6 Å². The van der Waals surface area contributed by atoms with Gasteiger partial charge in [-0.2, -0.15) is 0 Å². The first-order valence-electron chi connectivity index (χ1n) is 11.0. The van der Waals surface area contributed by atoms with E-state index >= 15 is 0 Å². The second-order valence-electron chi connectivity index (χ2n) is 7.63. The lowest BCUT2D eigenvalue weighted by Crippen LogP contribution is -2.56. The second kappa shape index (κ2) is 17.6. The molecule has 4 amide bonds. The topological polar surface area (TPSA) is 208 Å². The van der Waals surface area contributed by atoms with Gasteiger partial charge in [0.2, 0.25) is 23.6 Å². The molecule has 11 N–H and O–H groups in total. The predicted molar refractivity (Wildman–Crippen MR) is 119 cm³/mol. The number of amides is 4. The van der Waals surface area contributed by atoms with Gasteiger partial charge in [0.15, 0.2) is 0 Å². The first-order chi connectivity index (χ1) is 14.8. The summed E-state index contributed by atoms with van der Waals surface area (Å²) < 4.78 is 0. The largest absolute Gasteiger partial charge is 0.343 e. The molecule has 0 aliphatic rings. The third kappa shape index (κ3) is 13.8. The molecule has 11 nitrogen and oxygen atoms in total. The van der Waals surface area contributed by atoms with Gasteiger partial charge in [0, 0.05) is 6.92 Å². The fraction of sp³-hybridized carbons (Fsp3) is 0.800. The fourth-order valence-corrected chi connectivity index (χ4v) is 2.97. The molecular formula is C20H41N7O4. The standard InChI is InChI=1S/C20H41N7O4/c1-14(28)25-19(30)16(9-3-6-12-22)27-20(31)17(10-4-7-13-23)26-18(29)15(24)8-2-5-11-21/h15-17H,2-13,21-24H2,1H3,(H,26,29)(H,27,31)(H,25,28,30)/t15-,16-,17-/m0/s1. The molecule has 0 saturated heterocycles. The Labute approximate surface area is 184 Å². The number of nitrogens with one attached hydrogen (secondary N) is 3. The first-order valence-corrected chi connectivity index (χ1v) is 11.0. The minimum atomic E-state index is -0.907. The highest BCUT2D eigenvalue weighted by molar-refractivity contribution is 5.99. The summed E-state index contributed by atoms with van der Waals surface area (Å²) in [6, 6.07) is -2.52. The Kier molecular flexibility index (Phi) is 16.4. The van der Waals surface area contributed by atoms with Gasteiger partial charge >= 0.3 is 0 Å². The normalized spacial score (nSPS) is 13.7. The van der Waals surface area contributed by atoms with Crippen molar-refractivity contribution in [1.29, 1.82) is 0 Å². The number of nitrogens with two attached hydrogens (primary N) is 4. The lowest BCUT2D eigenvalue weighted by Gasteiger charge is -2.24. The number of hydrogen-bond donors (Lipinski definition) is 7. The molecule has 0 spiro atoms. The third-order valence-electron chi connectivity index (χ3n) is 4.77. The molecule has 0 bridgehead atoms. The van der Waals surface area contributed by atoms with Gasteiger partial charge in [-0.1, -0.05) is 6.42 Å². The van der Waals surface area contributed by atoms with E-state index in [1.807, 2.05) is 0 Å². The van der Waals surface area contributed by atoms with Gasteiger partial charge in [0.25, 0.3) is 0 Å². The van der Waals surface area contributed by atoms with Crippen LogP contribution in [-0.2, 0) is 19.2 Å². The van der Waals surface area contributed by atoms with Gasteiger partial charge in [0.05, 0.1) is 6.04 Å². The van der Waals surface area contributed by atoms with E-state index < -0.39 is 41.8 Å². The average Bonchev–Trinajstić information content (AvgIpc) is 2.71. The zero-order chi connectivity index (χ0) is 23.6. The lowest BCUT2D eigenvalue weighted by atomic mass is 10.0. The summed E-state index contributed by atoms with van der Waals surface area (Å²) in [4.78, 5) is 48.9. The number of imide groups is 1. The number of rotatable bonds is 17. The summed E-state index contributed by atoms with van der Waals surface area (Å²) in [5, 5.41) is 7.54. The van der Waals surface area contributed by atoms with Crippen LogP contribution in [0.2, 0.25) is 0 Å². The Bertz CT molecular complexity index is 560. The van der Waals surface area contributed by atoms with Gasteiger partial charge < -0.3 is 33.6 Å². The molecule has 0 aromatic carbocycles. The molecule has 0 fully saturated rings. The monoisotopic (exact) mass is 443 g/mol. The van der Waals surface area contributed by atoms with Crippen LogP contribution in [-0.4, -0.2) is 61.4 Å². The van der Waals surface area contributed by atoms with Gasteiger partial charge in [-0.25, -0.2) is 0 Å². The van der Waals surface area contributed by atoms with Crippen molar-refractivity contribution < 1.29 is 19.2 Å². The molecule has 0 aliphatic carbocycles. The van der Waals surface area contributed by atoms with Crippen LogP contribution in [0.1, 0.15) is 64.7 Å². The van der Waals surface area contributed by atoms with Gasteiger partial charge in [-0.15, -0.1) is 0 Å². The summed E-state index contributed by atoms with van der Waals surface area (Å²) >= 11 is 0. The molecule has 0 aromatic rings. The molecule has 0 unspecified atom stereocenters. The Balaban J connectivity index is 5.15. The molecular weight excluding hydrogens is 402 g/mol. The molecule has 3 atom stereocenters. The van der Waals surface area contributed by atoms with Crippen LogP contribution in [0.5, 0.6) is 0 Å². The molecule has 180 valence electrons. The lowest BCUT2D eigenvalue weighted by molar-refractivity contribution is -0.135. The highest BCUT2D eigenvalue weighted by Crippen LogP contribution is 2.06. The zero-order valence-corrected chi connectivity index (χ0v) is 18.7. The quantitative estimate of drug-likeness (QED) is 0.129. The molecule has 0 saturated carbocycles. The average molecular weight is 444 g/mol. The molecule has 0 rings (SSSR count). The maximum atomic E-state index is 12.9. The Morgan fingerprint density at radius 3 is 1.52 bits per heavy atom. The fourth-order valence-electron chi connectivity index (χ4n) is 2.97. The van der Waals surface area contributed by atoms with Gasteiger partial charge in [-0.3, -0.25) is 24.5 Å². The maximum absolute atomic E-state index is 12.9. The van der Waals surface area contributed by atoms with E-state index in [0.29, 0.717) is 71.0 Å². The highest BCUT2D eigenvalue weighted by atomic mass is 16.2. The minimum absolute atomic E-state index is 0.324. The zero-order valence-electron chi connectivity index (χ0n) is 18.7. The molecule has 0 radical (unpaired) electrons. The summed E-state index contributed by atoms with van der Waals surface area (Å²) in [5.74, 6) is -2.04. The Morgan fingerprint density at radius 2 is 1.06 bits per heavy atom. The minimum Gasteiger partial charge on any atom is -0.343 e. The smallest absolute Gasteiger partial charge is 0.249 e. The summed E-state index contributed by atoms with van der Waals surface area (Å²) in [5.41, 5.74) is 22.4. The van der Waals surface area contributed by atoms with Crippen LogP contribution in [0.3, 0.4) is 0 Å². The maximum Gasteiger partial charge on any atom is 0.249 e. The van der Waals surface area contributed by atoms with Crippen LogP contribution in [0.25, 0.3) is 0 Å². The molecule has 31 heavy (non-hydrogen) atoms. The van der Waals surface area contributed by atoms with Crippen LogP contribution in [0.4, 0.5) is 0 Å². The predicted octanol–water partition coefficient (Wildman–Crippen LogP) is -1.67. The van der Waals surface area contributed by atoms with Gasteiger partial charge in [-0.05, 0) is 71.0 Å². The van der Waals surface area contributed by atoms with Gasteiger partial charge in [0.1, 0.15) is 12.1 Å². The number of carbonyl (C=O) groups excluding carboxylic acids is 4. The van der Waals surface area contributed by atoms with Crippen LogP contribution >= 0.6 is 0 Å². The van der Waals surface area contributed by atoms with E-state index in [-0.39, 0.29) is 0 Å². The molecule has 0 heterocycles. The molecule has 0 aliphatic heterocycles. The first kappa shape index (κ1) is 28.9. The highest BCUT2D eigenvalue weighted by Gasteiger charge is 2.28. The van der Waals surface area contributed by atoms with E-state index in [2.05, 4.69) is 16.0 Å². The second-order valence-corrected chi connectivity index (χ2v) is 7.63. The summed E-state index contributed by atoms with van der Waals surface area (Å²) in [6.07, 6.45) is 5.20. The van der Waals surface area contributed by atoms with E-state index in [1.165, 1.54) is 6.92 Å². The SMILES string of the molecule is CC(=O)NC(=O)[C@H](CCCCN)NC(=O)[C@H](CCCCN)NC(=O)[C@@H](N)CCCCN. The number of unbranched alkanes of at least 4 members (excludes halogenated alkanes) is 3. The van der Waals surface area contributed by atoms with Crippen molar-refractivity contribution in [3.05, 3.63) is 0 Å². The van der Waals surface area contributed by atoms with Crippen molar-refractivity contribution in [1.82, 2.24) is 16.0 Å². The van der Waals surface area contributed by atoms with Crippen LogP contribution in [0, 0.1) is 0 Å². The number of carbonyl (C=O) groups is 4. The van der Waals surface area contributed by atoms with Crippen LogP contribution < -0.4 is 38.9 Å². The van der Waals surface area contributed by atoms with E-state index in [1.54, 1.807) is 0 Å². The van der Waals surface area contributed by atoms with E-state index in [9.17, 15) is 19.2 Å². The molecule has 0 aromatic heterocycles. The third-order valence-corrected chi connectivity index (χ3v) is 4.77. The van der Waals surface area contributed by atoms with Crippen molar-refractivity contribution in [2.75, 3.05) is 19.6 Å². The van der Waals surface area contributed by atoms with Crippen molar-refractivity contribution in [2.45, 2.75) is 82.8 Å². The van der Waals surface area contributed by atoms with E-state index in [0.717, 1.165) is 6.42 Å². The van der Waals surface area contributed by atoms with Crippen molar-refractivity contribution in [3.8, 4) is 0 Å². The van der Waals surface area contributed by atoms with Crippen molar-refractivity contribution in [3.63, 3.8) is 0 Å². The summed E-state index contributed by atoms with van der Waals surface area (Å²) in [6.45, 7) is 2.66. The van der Waals surface area contributed by atoms with Crippen molar-refractivity contribution in [2.24, 2.45) is 22.9 Å². The Morgan fingerprint density at radius 1 is 0.645 bits per heavy atom. The Hall–Kier alpha value is -2.08. The van der Waals surface area contributed by atoms with Crippen LogP contribution in [0.15, 0.2) is 0 Å². The summed E-state index contributed by atoms with van der Waals surface area (Å²) in [7, 11) is 0. The molecule has 11 heteroatoms. The number of hydrogen-bond acceptors (Lipinski definition) is 8. The van der Waals surface area contributed by atoms with E-state index in [4.69, 9.17) is 22.9 Å².